The van der Waals surface area contributed by atoms with Crippen molar-refractivity contribution in [3.63, 3.8) is 0 Å². The number of aryl methyl sites for hydroxylation is 2. The largest absolute Gasteiger partial charge is 0.399 e. The van der Waals surface area contributed by atoms with Crippen molar-refractivity contribution in [1.82, 2.24) is 0 Å². The number of rotatable bonds is 2. The van der Waals surface area contributed by atoms with Gasteiger partial charge in [-0.05, 0) is 119 Å². The molecule has 0 heterocycles. The number of nitrogen functional groups attached to an aromatic ring is 2. The average Bonchev–Trinajstić information content (AvgIpc) is 3.36. The molecular weight excluding hydrogens is 544 g/mol. The second-order valence-electron chi connectivity index (χ2n) is 11.6. The summed E-state index contributed by atoms with van der Waals surface area (Å²) < 4.78 is 0. The van der Waals surface area contributed by atoms with E-state index in [1.165, 1.54) is 22.3 Å². The quantitative estimate of drug-likeness (QED) is 0.160. The van der Waals surface area contributed by atoms with Crippen LogP contribution in [0.5, 0.6) is 0 Å². The molecule has 0 unspecified atom stereocenters. The molecule has 0 saturated heterocycles. The van der Waals surface area contributed by atoms with E-state index in [1.54, 1.807) is 0 Å². The number of fused-ring (bicyclic) bond motifs is 3. The molecule has 2 heteroatoms. The van der Waals surface area contributed by atoms with Gasteiger partial charge in [0.2, 0.25) is 0 Å². The van der Waals surface area contributed by atoms with Gasteiger partial charge in [-0.15, -0.1) is 0 Å². The monoisotopic (exact) mass is 576 g/mol. The minimum atomic E-state index is -0.642. The third-order valence-electron chi connectivity index (χ3n) is 8.79. The Labute approximate surface area is 265 Å². The van der Waals surface area contributed by atoms with E-state index in [0.717, 1.165) is 55.9 Å². The second kappa shape index (κ2) is 11.3. The van der Waals surface area contributed by atoms with E-state index in [0.29, 0.717) is 0 Å². The second-order valence-corrected chi connectivity index (χ2v) is 11.6. The minimum Gasteiger partial charge on any atom is -0.399 e. The van der Waals surface area contributed by atoms with E-state index >= 15 is 0 Å². The van der Waals surface area contributed by atoms with Crippen LogP contribution in [0.15, 0.2) is 133 Å². The lowest BCUT2D eigenvalue weighted by atomic mass is 9.66. The Morgan fingerprint density at radius 3 is 1.22 bits per heavy atom. The lowest BCUT2D eigenvalue weighted by molar-refractivity contribution is 0.766. The van der Waals surface area contributed by atoms with Gasteiger partial charge in [0.25, 0.3) is 0 Å². The van der Waals surface area contributed by atoms with Crippen LogP contribution in [0, 0.1) is 37.5 Å². The normalized spacial score (nSPS) is 12.2. The average molecular weight is 577 g/mol. The third kappa shape index (κ3) is 4.94. The Morgan fingerprint density at radius 2 is 0.822 bits per heavy atom. The fourth-order valence-corrected chi connectivity index (χ4v) is 6.42. The summed E-state index contributed by atoms with van der Waals surface area (Å²) >= 11 is 0. The molecule has 0 radical (unpaired) electrons. The van der Waals surface area contributed by atoms with Gasteiger partial charge in [0, 0.05) is 33.6 Å². The molecule has 0 fully saturated rings. The van der Waals surface area contributed by atoms with Crippen LogP contribution >= 0.6 is 0 Å². The van der Waals surface area contributed by atoms with Crippen molar-refractivity contribution in [3.05, 3.63) is 189 Å². The summed E-state index contributed by atoms with van der Waals surface area (Å²) in [6, 6.07) is 46.2. The van der Waals surface area contributed by atoms with Gasteiger partial charge in [-0.1, -0.05) is 96.5 Å². The van der Waals surface area contributed by atoms with Crippen molar-refractivity contribution in [2.24, 2.45) is 0 Å². The molecule has 214 valence electrons. The topological polar surface area (TPSA) is 52.0 Å². The van der Waals surface area contributed by atoms with E-state index in [9.17, 15) is 0 Å². The van der Waals surface area contributed by atoms with E-state index in [2.05, 4.69) is 98.2 Å². The fourth-order valence-electron chi connectivity index (χ4n) is 6.42. The van der Waals surface area contributed by atoms with Crippen LogP contribution < -0.4 is 11.5 Å². The van der Waals surface area contributed by atoms with Gasteiger partial charge in [-0.3, -0.25) is 0 Å². The predicted molar refractivity (Wildman–Crippen MR) is 187 cm³/mol. The highest BCUT2D eigenvalue weighted by Gasteiger charge is 2.46. The van der Waals surface area contributed by atoms with Gasteiger partial charge in [-0.25, -0.2) is 0 Å². The van der Waals surface area contributed by atoms with E-state index in [4.69, 9.17) is 11.5 Å². The Kier molecular flexibility index (Phi) is 6.98. The molecule has 1 aliphatic rings. The molecule has 6 aromatic carbocycles. The molecule has 2 nitrogen and oxygen atoms in total. The minimum absolute atomic E-state index is 0.642. The van der Waals surface area contributed by atoms with Crippen LogP contribution in [0.1, 0.15) is 55.6 Å². The first-order valence-corrected chi connectivity index (χ1v) is 15.1. The van der Waals surface area contributed by atoms with E-state index in [-0.39, 0.29) is 0 Å². The fraction of sp³-hybridized carbons (Fsp3) is 0.0698. The van der Waals surface area contributed by atoms with Gasteiger partial charge in [0.05, 0.1) is 5.41 Å². The number of hydrogen-bond acceptors (Lipinski definition) is 2. The van der Waals surface area contributed by atoms with Crippen molar-refractivity contribution >= 4 is 11.4 Å². The third-order valence-corrected chi connectivity index (χ3v) is 8.79. The van der Waals surface area contributed by atoms with E-state index in [1.807, 2.05) is 72.8 Å². The molecule has 4 N–H and O–H groups in total. The summed E-state index contributed by atoms with van der Waals surface area (Å²) in [6.45, 7) is 4.14. The summed E-state index contributed by atoms with van der Waals surface area (Å²) in [7, 11) is 0. The maximum Gasteiger partial charge on any atom is 0.0714 e. The molecule has 0 saturated carbocycles. The number of anilines is 2. The Morgan fingerprint density at radius 1 is 0.422 bits per heavy atom. The van der Waals surface area contributed by atoms with Gasteiger partial charge in [-0.2, -0.15) is 0 Å². The zero-order valence-corrected chi connectivity index (χ0v) is 25.4. The lowest BCUT2D eigenvalue weighted by Gasteiger charge is -2.35. The van der Waals surface area contributed by atoms with Crippen molar-refractivity contribution in [2.75, 3.05) is 11.5 Å². The number of nitrogens with two attached hydrogens (primary N) is 2. The van der Waals surface area contributed by atoms with Crippen molar-refractivity contribution < 1.29 is 0 Å². The van der Waals surface area contributed by atoms with Gasteiger partial charge >= 0.3 is 0 Å². The molecule has 6 aromatic rings. The summed E-state index contributed by atoms with van der Waals surface area (Å²) in [5.41, 5.74) is 26.6. The van der Waals surface area contributed by atoms with Crippen LogP contribution in [0.3, 0.4) is 0 Å². The van der Waals surface area contributed by atoms with Crippen molar-refractivity contribution in [3.8, 4) is 34.8 Å². The van der Waals surface area contributed by atoms with E-state index < -0.39 is 5.41 Å². The molecule has 45 heavy (non-hydrogen) atoms. The first-order valence-electron chi connectivity index (χ1n) is 15.1. The van der Waals surface area contributed by atoms with Gasteiger partial charge in [0.1, 0.15) is 0 Å². The first kappa shape index (κ1) is 27.8. The molecule has 0 aliphatic heterocycles. The van der Waals surface area contributed by atoms with Crippen LogP contribution in [-0.2, 0) is 5.41 Å². The molecule has 0 amide bonds. The number of benzene rings is 6. The maximum absolute atomic E-state index is 6.39. The van der Waals surface area contributed by atoms with Crippen LogP contribution in [0.2, 0.25) is 0 Å². The van der Waals surface area contributed by atoms with Crippen LogP contribution in [0.25, 0.3) is 11.1 Å². The summed E-state index contributed by atoms with van der Waals surface area (Å²) in [6.07, 6.45) is 0. The highest BCUT2D eigenvalue weighted by molar-refractivity contribution is 5.88. The smallest absolute Gasteiger partial charge is 0.0714 e. The molecule has 7 rings (SSSR count). The van der Waals surface area contributed by atoms with Gasteiger partial charge in [0.15, 0.2) is 0 Å². The molecule has 0 atom stereocenters. The first-order chi connectivity index (χ1) is 21.9. The summed E-state index contributed by atoms with van der Waals surface area (Å²) in [5, 5.41) is 0. The standard InChI is InChI=1S/C43H32N2/c1-29-25-35(19-23-41(29)44)43(36-20-24-42(45)30(2)26-36)39-27-33(15-13-31-9-5-3-6-10-31)17-21-37(39)38-22-18-34(28-40(38)43)16-14-32-11-7-4-8-12-32/h3-12,17-28H,44-45H2,1-2H3. The molecule has 0 aromatic heterocycles. The maximum atomic E-state index is 6.39. The molecule has 0 spiro atoms. The van der Waals surface area contributed by atoms with Crippen molar-refractivity contribution in [2.45, 2.75) is 19.3 Å². The van der Waals surface area contributed by atoms with Gasteiger partial charge < -0.3 is 11.5 Å². The zero-order chi connectivity index (χ0) is 31.0. The zero-order valence-electron chi connectivity index (χ0n) is 25.4. The molecule has 1 aliphatic carbocycles. The van der Waals surface area contributed by atoms with Crippen LogP contribution in [-0.4, -0.2) is 0 Å². The highest BCUT2D eigenvalue weighted by Crippen LogP contribution is 2.57. The lowest BCUT2D eigenvalue weighted by Crippen LogP contribution is -2.29. The number of hydrogen-bond donors (Lipinski definition) is 2. The Bertz CT molecular complexity index is 2040. The Hall–Kier alpha value is -5.96. The summed E-state index contributed by atoms with van der Waals surface area (Å²) in [4.78, 5) is 0. The molecule has 0 bridgehead atoms. The molecular formula is C43H32N2. The summed E-state index contributed by atoms with van der Waals surface area (Å²) in [5.74, 6) is 13.6. The predicted octanol–water partition coefficient (Wildman–Crippen LogP) is 8.63. The van der Waals surface area contributed by atoms with Crippen LogP contribution in [0.4, 0.5) is 11.4 Å². The SMILES string of the molecule is Cc1cc(C2(c3ccc(N)c(C)c3)c3cc(C#Cc4ccccc4)ccc3-c3ccc(C#Cc4ccccc4)cc32)ccc1N. The van der Waals surface area contributed by atoms with Crippen molar-refractivity contribution in [1.29, 1.82) is 0 Å². The highest BCUT2D eigenvalue weighted by atomic mass is 14.6. The Balaban J connectivity index is 1.53.